The van der Waals surface area contributed by atoms with Gasteiger partial charge < -0.3 is 24.2 Å². The molecule has 4 rings (SSSR count). The standard InChI is InChI=1S/C23H31N3O5/c1-29-20-9-7-15(13-21(20)30-2)31-22-14-26(12-11-19(22)27)23(28)10-8-18-16-5-3-4-6-17(16)24-25-18/h7,9,13,19,22,27H,3-6,8,10-12,14H2,1-2H3,(H,24,25)/t19-,22-/m1/s1. The van der Waals surface area contributed by atoms with E-state index in [-0.39, 0.29) is 5.91 Å². The molecule has 2 aliphatic rings. The summed E-state index contributed by atoms with van der Waals surface area (Å²) in [6.45, 7) is 0.886. The van der Waals surface area contributed by atoms with Crippen molar-refractivity contribution in [3.05, 3.63) is 35.2 Å². The van der Waals surface area contributed by atoms with Gasteiger partial charge in [-0.25, -0.2) is 0 Å². The molecule has 1 aromatic carbocycles. The SMILES string of the molecule is COc1ccc(O[C@@H]2CN(C(=O)CCc3n[nH]c4c3CCCC4)CC[C@H]2O)cc1OC. The summed E-state index contributed by atoms with van der Waals surface area (Å²) < 4.78 is 16.6. The number of aliphatic hydroxyl groups excluding tert-OH is 1. The fourth-order valence-corrected chi connectivity index (χ4v) is 4.45. The van der Waals surface area contributed by atoms with Gasteiger partial charge in [-0.15, -0.1) is 0 Å². The molecule has 31 heavy (non-hydrogen) atoms. The van der Waals surface area contributed by atoms with Crippen LogP contribution < -0.4 is 14.2 Å². The van der Waals surface area contributed by atoms with Gasteiger partial charge in [0.05, 0.1) is 32.6 Å². The highest BCUT2D eigenvalue weighted by molar-refractivity contribution is 5.76. The summed E-state index contributed by atoms with van der Waals surface area (Å²) in [6.07, 6.45) is 4.91. The fraction of sp³-hybridized carbons (Fsp3) is 0.565. The molecule has 0 radical (unpaired) electrons. The van der Waals surface area contributed by atoms with E-state index in [9.17, 15) is 9.90 Å². The third-order valence-corrected chi connectivity index (χ3v) is 6.24. The van der Waals surface area contributed by atoms with Gasteiger partial charge in [-0.2, -0.15) is 5.10 Å². The summed E-state index contributed by atoms with van der Waals surface area (Å²) in [5.74, 6) is 1.80. The average Bonchev–Trinajstić information content (AvgIpc) is 3.22. The molecule has 0 bridgehead atoms. The van der Waals surface area contributed by atoms with Gasteiger partial charge in [0.15, 0.2) is 11.5 Å². The third-order valence-electron chi connectivity index (χ3n) is 6.24. The Morgan fingerprint density at radius 3 is 2.84 bits per heavy atom. The van der Waals surface area contributed by atoms with E-state index in [4.69, 9.17) is 14.2 Å². The van der Waals surface area contributed by atoms with Crippen molar-refractivity contribution in [2.45, 2.75) is 57.2 Å². The van der Waals surface area contributed by atoms with Crippen molar-refractivity contribution in [2.75, 3.05) is 27.3 Å². The number of hydrogen-bond donors (Lipinski definition) is 2. The molecule has 1 fully saturated rings. The third kappa shape index (κ3) is 4.79. The lowest BCUT2D eigenvalue weighted by Crippen LogP contribution is -2.51. The lowest BCUT2D eigenvalue weighted by atomic mass is 9.94. The Hall–Kier alpha value is -2.74. The molecule has 8 nitrogen and oxygen atoms in total. The first-order valence-corrected chi connectivity index (χ1v) is 11.0. The van der Waals surface area contributed by atoms with E-state index in [1.807, 2.05) is 0 Å². The molecule has 1 saturated heterocycles. The first kappa shape index (κ1) is 21.5. The lowest BCUT2D eigenvalue weighted by Gasteiger charge is -2.36. The lowest BCUT2D eigenvalue weighted by molar-refractivity contribution is -0.136. The van der Waals surface area contributed by atoms with Crippen LogP contribution in [0.2, 0.25) is 0 Å². The van der Waals surface area contributed by atoms with Crippen molar-refractivity contribution in [3.8, 4) is 17.2 Å². The van der Waals surface area contributed by atoms with Crippen LogP contribution in [0.5, 0.6) is 17.2 Å². The quantitative estimate of drug-likeness (QED) is 0.701. The molecule has 8 heteroatoms. The number of nitrogens with zero attached hydrogens (tertiary/aromatic N) is 2. The Morgan fingerprint density at radius 1 is 1.23 bits per heavy atom. The number of fused-ring (bicyclic) bond motifs is 1. The summed E-state index contributed by atoms with van der Waals surface area (Å²) in [5, 5.41) is 18.0. The number of hydrogen-bond acceptors (Lipinski definition) is 6. The zero-order chi connectivity index (χ0) is 21.8. The van der Waals surface area contributed by atoms with E-state index in [0.717, 1.165) is 18.5 Å². The normalized spacial score (nSPS) is 20.8. The Bertz CT molecular complexity index is 913. The van der Waals surface area contributed by atoms with Gasteiger partial charge in [-0.1, -0.05) is 0 Å². The number of rotatable bonds is 7. The Balaban J connectivity index is 1.36. The Labute approximate surface area is 182 Å². The molecule has 1 aromatic heterocycles. The van der Waals surface area contributed by atoms with Crippen LogP contribution in [0.3, 0.4) is 0 Å². The highest BCUT2D eigenvalue weighted by Gasteiger charge is 2.32. The molecule has 1 aliphatic heterocycles. The number of ether oxygens (including phenoxy) is 3. The van der Waals surface area contributed by atoms with Gasteiger partial charge in [0.1, 0.15) is 11.9 Å². The van der Waals surface area contributed by atoms with Crippen molar-refractivity contribution >= 4 is 5.91 Å². The second-order valence-electron chi connectivity index (χ2n) is 8.20. The van der Waals surface area contributed by atoms with Crippen LogP contribution in [0, 0.1) is 0 Å². The highest BCUT2D eigenvalue weighted by Crippen LogP contribution is 2.32. The number of amides is 1. The molecule has 168 valence electrons. The number of nitrogens with one attached hydrogen (secondary N) is 1. The molecule has 0 spiro atoms. The molecular weight excluding hydrogens is 398 g/mol. The largest absolute Gasteiger partial charge is 0.493 e. The topological polar surface area (TPSA) is 96.9 Å². The number of aliphatic hydroxyl groups is 1. The maximum Gasteiger partial charge on any atom is 0.223 e. The van der Waals surface area contributed by atoms with Crippen LogP contribution >= 0.6 is 0 Å². The monoisotopic (exact) mass is 429 g/mol. The number of aromatic amines is 1. The number of likely N-dealkylation sites (tertiary alicyclic amines) is 1. The van der Waals surface area contributed by atoms with Gasteiger partial charge in [0, 0.05) is 31.1 Å². The van der Waals surface area contributed by atoms with Crippen molar-refractivity contribution in [1.29, 1.82) is 0 Å². The first-order valence-electron chi connectivity index (χ1n) is 11.0. The molecular formula is C23H31N3O5. The molecule has 2 aromatic rings. The molecule has 2 N–H and O–H groups in total. The molecule has 1 amide bonds. The van der Waals surface area contributed by atoms with Gasteiger partial charge in [0.2, 0.25) is 5.91 Å². The van der Waals surface area contributed by atoms with Gasteiger partial charge in [-0.3, -0.25) is 9.89 Å². The van der Waals surface area contributed by atoms with E-state index < -0.39 is 12.2 Å². The van der Waals surface area contributed by atoms with E-state index in [1.165, 1.54) is 24.1 Å². The Kier molecular flexibility index (Phi) is 6.65. The highest BCUT2D eigenvalue weighted by atomic mass is 16.5. The average molecular weight is 430 g/mol. The van der Waals surface area contributed by atoms with Crippen LogP contribution in [0.25, 0.3) is 0 Å². The van der Waals surface area contributed by atoms with E-state index in [1.54, 1.807) is 37.3 Å². The second kappa shape index (κ2) is 9.60. The smallest absolute Gasteiger partial charge is 0.223 e. The number of aromatic nitrogens is 2. The summed E-state index contributed by atoms with van der Waals surface area (Å²) in [7, 11) is 3.14. The van der Waals surface area contributed by atoms with Crippen LogP contribution in [0.1, 0.15) is 42.6 Å². The number of carbonyl (C=O) groups excluding carboxylic acids is 1. The van der Waals surface area contributed by atoms with Crippen molar-refractivity contribution < 1.29 is 24.1 Å². The summed E-state index contributed by atoms with van der Waals surface area (Å²) in [5.41, 5.74) is 3.57. The van der Waals surface area contributed by atoms with E-state index in [2.05, 4.69) is 10.2 Å². The minimum absolute atomic E-state index is 0.0698. The van der Waals surface area contributed by atoms with Crippen LogP contribution in [-0.4, -0.2) is 65.6 Å². The summed E-state index contributed by atoms with van der Waals surface area (Å²) >= 11 is 0. The predicted octanol–water partition coefficient (Wildman–Crippen LogP) is 2.28. The number of H-pyrrole nitrogens is 1. The number of aryl methyl sites for hydroxylation is 2. The van der Waals surface area contributed by atoms with Crippen LogP contribution in [-0.2, 0) is 24.1 Å². The second-order valence-corrected chi connectivity index (χ2v) is 8.20. The van der Waals surface area contributed by atoms with Crippen molar-refractivity contribution in [2.24, 2.45) is 0 Å². The molecule has 2 atom stereocenters. The van der Waals surface area contributed by atoms with Gasteiger partial charge in [-0.05, 0) is 49.8 Å². The predicted molar refractivity (Wildman–Crippen MR) is 115 cm³/mol. The number of methoxy groups -OCH3 is 2. The minimum atomic E-state index is -0.629. The first-order chi connectivity index (χ1) is 15.1. The fourth-order valence-electron chi connectivity index (χ4n) is 4.45. The maximum atomic E-state index is 12.9. The number of benzene rings is 1. The van der Waals surface area contributed by atoms with Gasteiger partial charge >= 0.3 is 0 Å². The van der Waals surface area contributed by atoms with Crippen LogP contribution in [0.4, 0.5) is 0 Å². The maximum absolute atomic E-state index is 12.9. The summed E-state index contributed by atoms with van der Waals surface area (Å²) in [4.78, 5) is 14.7. The van der Waals surface area contributed by atoms with Gasteiger partial charge in [0.25, 0.3) is 0 Å². The van der Waals surface area contributed by atoms with E-state index in [0.29, 0.717) is 49.6 Å². The zero-order valence-corrected chi connectivity index (χ0v) is 18.2. The molecule has 1 aliphatic carbocycles. The van der Waals surface area contributed by atoms with Crippen molar-refractivity contribution in [3.63, 3.8) is 0 Å². The van der Waals surface area contributed by atoms with Crippen LogP contribution in [0.15, 0.2) is 18.2 Å². The number of carbonyl (C=O) groups is 1. The molecule has 0 saturated carbocycles. The Morgan fingerprint density at radius 2 is 2.03 bits per heavy atom. The zero-order valence-electron chi connectivity index (χ0n) is 18.2. The molecule has 0 unspecified atom stereocenters. The van der Waals surface area contributed by atoms with Crippen molar-refractivity contribution in [1.82, 2.24) is 15.1 Å². The summed E-state index contributed by atoms with van der Waals surface area (Å²) in [6, 6.07) is 5.26. The molecule has 2 heterocycles. The number of piperidine rings is 1. The van der Waals surface area contributed by atoms with E-state index >= 15 is 0 Å². The minimum Gasteiger partial charge on any atom is -0.493 e.